The summed E-state index contributed by atoms with van der Waals surface area (Å²) in [4.78, 5) is 47.6. The minimum absolute atomic E-state index is 0.122. The van der Waals surface area contributed by atoms with E-state index in [4.69, 9.17) is 11.6 Å². The number of nitrogens with zero attached hydrogens (tertiary/aromatic N) is 2. The van der Waals surface area contributed by atoms with E-state index in [1.807, 2.05) is 11.8 Å². The standard InChI is InChI=1S/C21H24ClN5O3/c1-11-6-7-13(22)9-15(11)23-19(29)14-10-16(28)24-18-17(14)20(30)26-21(25-18)27-8-4-3-5-12(27)2/h6-7,9,12,14H,3-5,8,10H2,1-2H3,(H,23,29)(H2,24,25,26,28,30)/t12-,14-/m0/s1. The number of aromatic nitrogens is 2. The Balaban J connectivity index is 1.67. The van der Waals surface area contributed by atoms with Gasteiger partial charge >= 0.3 is 0 Å². The molecule has 8 nitrogen and oxygen atoms in total. The van der Waals surface area contributed by atoms with Crippen LogP contribution in [-0.4, -0.2) is 34.4 Å². The second-order valence-corrected chi connectivity index (χ2v) is 8.38. The Morgan fingerprint density at radius 1 is 1.30 bits per heavy atom. The molecule has 0 radical (unpaired) electrons. The number of benzene rings is 1. The molecule has 3 heterocycles. The van der Waals surface area contributed by atoms with Gasteiger partial charge in [-0.2, -0.15) is 4.98 Å². The number of amides is 2. The molecule has 2 aliphatic heterocycles. The zero-order chi connectivity index (χ0) is 21.4. The van der Waals surface area contributed by atoms with Gasteiger partial charge in [0.1, 0.15) is 5.82 Å². The summed E-state index contributed by atoms with van der Waals surface area (Å²) in [6, 6.07) is 5.40. The van der Waals surface area contributed by atoms with Crippen molar-refractivity contribution in [2.45, 2.75) is 51.5 Å². The van der Waals surface area contributed by atoms with Crippen molar-refractivity contribution in [3.8, 4) is 0 Å². The fourth-order valence-corrected chi connectivity index (χ4v) is 4.25. The molecule has 4 rings (SSSR count). The van der Waals surface area contributed by atoms with Gasteiger partial charge in [-0.3, -0.25) is 19.4 Å². The van der Waals surface area contributed by atoms with Crippen LogP contribution in [-0.2, 0) is 9.59 Å². The Kier molecular flexibility index (Phi) is 5.51. The number of carbonyl (C=O) groups excluding carboxylic acids is 2. The molecule has 0 spiro atoms. The maximum atomic E-state index is 13.0. The Labute approximate surface area is 179 Å². The number of nitrogens with one attached hydrogen (secondary N) is 3. The monoisotopic (exact) mass is 429 g/mol. The third-order valence-electron chi connectivity index (χ3n) is 5.79. The Bertz CT molecular complexity index is 1070. The number of hydrogen-bond acceptors (Lipinski definition) is 5. The molecular weight excluding hydrogens is 406 g/mol. The molecule has 1 aromatic heterocycles. The topological polar surface area (TPSA) is 107 Å². The summed E-state index contributed by atoms with van der Waals surface area (Å²) in [5, 5.41) is 5.95. The van der Waals surface area contributed by atoms with Gasteiger partial charge in [-0.15, -0.1) is 0 Å². The highest BCUT2D eigenvalue weighted by Gasteiger charge is 2.35. The van der Waals surface area contributed by atoms with Gasteiger partial charge in [0.25, 0.3) is 5.56 Å². The molecule has 0 bridgehead atoms. The van der Waals surface area contributed by atoms with Crippen molar-refractivity contribution in [2.75, 3.05) is 22.1 Å². The first kappa shape index (κ1) is 20.4. The van der Waals surface area contributed by atoms with Crippen LogP contribution in [0.1, 0.15) is 49.7 Å². The van der Waals surface area contributed by atoms with Crippen LogP contribution in [0.3, 0.4) is 0 Å². The highest BCUT2D eigenvalue weighted by Crippen LogP contribution is 2.32. The highest BCUT2D eigenvalue weighted by molar-refractivity contribution is 6.31. The van der Waals surface area contributed by atoms with Crippen molar-refractivity contribution in [3.63, 3.8) is 0 Å². The molecule has 2 aliphatic rings. The average Bonchev–Trinajstić information content (AvgIpc) is 2.70. The van der Waals surface area contributed by atoms with E-state index in [1.165, 1.54) is 0 Å². The average molecular weight is 430 g/mol. The quantitative estimate of drug-likeness (QED) is 0.694. The summed E-state index contributed by atoms with van der Waals surface area (Å²) in [6.45, 7) is 4.71. The number of anilines is 3. The Morgan fingerprint density at radius 2 is 2.10 bits per heavy atom. The number of piperidine rings is 1. The third-order valence-corrected chi connectivity index (χ3v) is 6.02. The normalized spacial score (nSPS) is 21.0. The van der Waals surface area contributed by atoms with Crippen LogP contribution in [0.4, 0.5) is 17.5 Å². The predicted molar refractivity (Wildman–Crippen MR) is 116 cm³/mol. The summed E-state index contributed by atoms with van der Waals surface area (Å²) in [5.74, 6) is -1.14. The second kappa shape index (κ2) is 8.10. The van der Waals surface area contributed by atoms with E-state index in [0.717, 1.165) is 31.4 Å². The number of H-pyrrole nitrogens is 1. The summed E-state index contributed by atoms with van der Waals surface area (Å²) < 4.78 is 0. The van der Waals surface area contributed by atoms with E-state index in [0.29, 0.717) is 16.7 Å². The Hall–Kier alpha value is -2.87. The van der Waals surface area contributed by atoms with Crippen molar-refractivity contribution in [1.82, 2.24) is 9.97 Å². The maximum absolute atomic E-state index is 13.0. The molecule has 2 amide bonds. The van der Waals surface area contributed by atoms with E-state index < -0.39 is 17.4 Å². The van der Waals surface area contributed by atoms with Gasteiger partial charge in [0.05, 0.1) is 11.5 Å². The zero-order valence-electron chi connectivity index (χ0n) is 16.9. The number of carbonyl (C=O) groups is 2. The Morgan fingerprint density at radius 3 is 2.87 bits per heavy atom. The molecule has 158 valence electrons. The van der Waals surface area contributed by atoms with Gasteiger partial charge < -0.3 is 15.5 Å². The smallest absolute Gasteiger partial charge is 0.258 e. The third kappa shape index (κ3) is 3.92. The van der Waals surface area contributed by atoms with Gasteiger partial charge in [0.15, 0.2) is 0 Å². The molecule has 30 heavy (non-hydrogen) atoms. The minimum Gasteiger partial charge on any atom is -0.340 e. The number of hydrogen-bond donors (Lipinski definition) is 3. The first-order chi connectivity index (χ1) is 14.3. The summed E-state index contributed by atoms with van der Waals surface area (Å²) >= 11 is 6.03. The number of halogens is 1. The van der Waals surface area contributed by atoms with Crippen LogP contribution in [0, 0.1) is 6.92 Å². The van der Waals surface area contributed by atoms with Gasteiger partial charge in [0.2, 0.25) is 17.8 Å². The van der Waals surface area contributed by atoms with Gasteiger partial charge in [-0.25, -0.2) is 0 Å². The molecule has 1 fully saturated rings. The molecule has 2 aromatic rings. The molecular formula is C21H24ClN5O3. The van der Waals surface area contributed by atoms with Crippen LogP contribution in [0.25, 0.3) is 0 Å². The lowest BCUT2D eigenvalue weighted by Crippen LogP contribution is -2.42. The van der Waals surface area contributed by atoms with Crippen molar-refractivity contribution in [3.05, 3.63) is 44.7 Å². The molecule has 3 N–H and O–H groups in total. The lowest BCUT2D eigenvalue weighted by Gasteiger charge is -2.34. The van der Waals surface area contributed by atoms with Crippen molar-refractivity contribution in [1.29, 1.82) is 0 Å². The molecule has 0 aliphatic carbocycles. The van der Waals surface area contributed by atoms with Crippen molar-refractivity contribution < 1.29 is 9.59 Å². The molecule has 0 saturated carbocycles. The summed E-state index contributed by atoms with van der Waals surface area (Å²) in [7, 11) is 0. The lowest BCUT2D eigenvalue weighted by atomic mass is 9.92. The van der Waals surface area contributed by atoms with Crippen LogP contribution >= 0.6 is 11.6 Å². The maximum Gasteiger partial charge on any atom is 0.258 e. The lowest BCUT2D eigenvalue weighted by molar-refractivity contribution is -0.123. The molecule has 0 unspecified atom stereocenters. The van der Waals surface area contributed by atoms with Gasteiger partial charge in [0, 0.05) is 29.7 Å². The van der Waals surface area contributed by atoms with E-state index >= 15 is 0 Å². The molecule has 9 heteroatoms. The van der Waals surface area contributed by atoms with E-state index in [9.17, 15) is 14.4 Å². The SMILES string of the molecule is Cc1ccc(Cl)cc1NC(=O)[C@H]1CC(=O)Nc2nc(N3CCCC[C@@H]3C)[nH]c(=O)c21. The second-order valence-electron chi connectivity index (χ2n) is 7.94. The van der Waals surface area contributed by atoms with Crippen LogP contribution < -0.4 is 21.1 Å². The van der Waals surface area contributed by atoms with Crippen LogP contribution in [0.2, 0.25) is 5.02 Å². The summed E-state index contributed by atoms with van der Waals surface area (Å²) in [6.07, 6.45) is 3.04. The zero-order valence-corrected chi connectivity index (χ0v) is 17.7. The fourth-order valence-electron chi connectivity index (χ4n) is 4.08. The van der Waals surface area contributed by atoms with E-state index in [-0.39, 0.29) is 29.8 Å². The van der Waals surface area contributed by atoms with Crippen molar-refractivity contribution in [2.24, 2.45) is 0 Å². The van der Waals surface area contributed by atoms with Crippen LogP contribution in [0.5, 0.6) is 0 Å². The largest absolute Gasteiger partial charge is 0.340 e. The van der Waals surface area contributed by atoms with E-state index in [2.05, 4.69) is 27.5 Å². The predicted octanol–water partition coefficient (Wildman–Crippen LogP) is 3.18. The van der Waals surface area contributed by atoms with Crippen LogP contribution in [0.15, 0.2) is 23.0 Å². The minimum atomic E-state index is -0.934. The molecule has 1 saturated heterocycles. The first-order valence-corrected chi connectivity index (χ1v) is 10.5. The molecule has 1 aromatic carbocycles. The number of fused-ring (bicyclic) bond motifs is 1. The van der Waals surface area contributed by atoms with Crippen molar-refractivity contribution >= 4 is 40.9 Å². The number of aromatic amines is 1. The highest BCUT2D eigenvalue weighted by atomic mass is 35.5. The summed E-state index contributed by atoms with van der Waals surface area (Å²) in [5.41, 5.74) is 1.15. The number of aryl methyl sites for hydroxylation is 1. The number of rotatable bonds is 3. The first-order valence-electron chi connectivity index (χ1n) is 10.1. The molecule has 2 atom stereocenters. The van der Waals surface area contributed by atoms with E-state index in [1.54, 1.807) is 18.2 Å². The van der Waals surface area contributed by atoms with Gasteiger partial charge in [-0.1, -0.05) is 17.7 Å². The fraction of sp³-hybridized carbons (Fsp3) is 0.429. The van der Waals surface area contributed by atoms with Gasteiger partial charge in [-0.05, 0) is 50.8 Å².